The van der Waals surface area contributed by atoms with Crippen LogP contribution in [0, 0.1) is 10.8 Å². The highest BCUT2D eigenvalue weighted by Crippen LogP contribution is 2.49. The van der Waals surface area contributed by atoms with Gasteiger partial charge in [0.15, 0.2) is 0 Å². The molecule has 3 nitrogen and oxygen atoms in total. The van der Waals surface area contributed by atoms with Crippen LogP contribution in [0.3, 0.4) is 0 Å². The Morgan fingerprint density at radius 1 is 1.33 bits per heavy atom. The maximum atomic E-state index is 7.43. The second-order valence-corrected chi connectivity index (χ2v) is 5.68. The summed E-state index contributed by atoms with van der Waals surface area (Å²) in [6, 6.07) is 10.6. The van der Waals surface area contributed by atoms with Gasteiger partial charge in [0, 0.05) is 19.5 Å². The molecule has 0 saturated heterocycles. The molecular formula is C15H23N3. The van der Waals surface area contributed by atoms with Crippen molar-refractivity contribution < 1.29 is 0 Å². The second kappa shape index (κ2) is 5.53. The van der Waals surface area contributed by atoms with E-state index in [1.54, 1.807) is 0 Å². The van der Waals surface area contributed by atoms with Crippen LogP contribution >= 0.6 is 0 Å². The zero-order valence-electron chi connectivity index (χ0n) is 11.2. The smallest absolute Gasteiger partial charge is 0.0911 e. The normalized spacial score (nSPS) is 16.8. The molecule has 98 valence electrons. The molecule has 1 fully saturated rings. The van der Waals surface area contributed by atoms with Crippen LogP contribution < -0.4 is 5.73 Å². The highest BCUT2D eigenvalue weighted by atomic mass is 15.1. The lowest BCUT2D eigenvalue weighted by molar-refractivity contribution is 0.269. The van der Waals surface area contributed by atoms with Gasteiger partial charge in [0.2, 0.25) is 0 Å². The third-order valence-corrected chi connectivity index (χ3v) is 3.75. The van der Waals surface area contributed by atoms with E-state index in [4.69, 9.17) is 11.1 Å². The summed E-state index contributed by atoms with van der Waals surface area (Å²) in [5.74, 6) is 0.337. The first kappa shape index (κ1) is 13.1. The van der Waals surface area contributed by atoms with Crippen LogP contribution in [0.15, 0.2) is 30.3 Å². The number of likely N-dealkylation sites (N-methyl/N-ethyl adjacent to an activating group) is 1. The predicted octanol–water partition coefficient (Wildman–Crippen LogP) is 2.27. The van der Waals surface area contributed by atoms with E-state index in [9.17, 15) is 0 Å². The van der Waals surface area contributed by atoms with Crippen molar-refractivity contribution in [2.75, 3.05) is 20.1 Å². The zero-order chi connectivity index (χ0) is 13.0. The molecule has 0 aromatic heterocycles. The third kappa shape index (κ3) is 3.84. The summed E-state index contributed by atoms with van der Waals surface area (Å²) in [6.45, 7) is 2.14. The standard InChI is InChI=1S/C15H23N3/c1-18(10-7-13-5-3-2-4-6-13)12-15(8-9-15)11-14(16)17/h2-6H,7-12H2,1H3,(H3,16,17). The van der Waals surface area contributed by atoms with Crippen LogP contribution in [0.2, 0.25) is 0 Å². The van der Waals surface area contributed by atoms with E-state index in [1.165, 1.54) is 18.4 Å². The van der Waals surface area contributed by atoms with Gasteiger partial charge in [-0.1, -0.05) is 30.3 Å². The number of rotatable bonds is 7. The Balaban J connectivity index is 1.76. The van der Waals surface area contributed by atoms with Crippen molar-refractivity contribution >= 4 is 5.84 Å². The molecule has 18 heavy (non-hydrogen) atoms. The number of benzene rings is 1. The molecule has 1 aromatic carbocycles. The Morgan fingerprint density at radius 2 is 2.00 bits per heavy atom. The molecule has 3 heteroatoms. The quantitative estimate of drug-likeness (QED) is 0.572. The van der Waals surface area contributed by atoms with E-state index in [2.05, 4.69) is 42.3 Å². The Kier molecular flexibility index (Phi) is 4.02. The fourth-order valence-corrected chi connectivity index (χ4v) is 2.59. The molecule has 0 radical (unpaired) electrons. The van der Waals surface area contributed by atoms with Gasteiger partial charge in [-0.15, -0.1) is 0 Å². The van der Waals surface area contributed by atoms with E-state index in [0.29, 0.717) is 11.3 Å². The van der Waals surface area contributed by atoms with Gasteiger partial charge in [-0.25, -0.2) is 0 Å². The molecule has 1 aliphatic rings. The van der Waals surface area contributed by atoms with Crippen molar-refractivity contribution in [2.24, 2.45) is 11.1 Å². The van der Waals surface area contributed by atoms with Gasteiger partial charge in [-0.05, 0) is 37.3 Å². The molecular weight excluding hydrogens is 222 g/mol. The maximum Gasteiger partial charge on any atom is 0.0911 e. The van der Waals surface area contributed by atoms with Gasteiger partial charge < -0.3 is 10.6 Å². The SMILES string of the molecule is CN(CCc1ccccc1)CC1(CC(=N)N)CC1. The van der Waals surface area contributed by atoms with Gasteiger partial charge in [-0.3, -0.25) is 5.41 Å². The van der Waals surface area contributed by atoms with Gasteiger partial charge in [-0.2, -0.15) is 0 Å². The molecule has 0 amide bonds. The average molecular weight is 245 g/mol. The van der Waals surface area contributed by atoms with E-state index < -0.39 is 0 Å². The monoisotopic (exact) mass is 245 g/mol. The number of nitrogens with one attached hydrogen (secondary N) is 1. The first-order valence-electron chi connectivity index (χ1n) is 6.65. The Labute approximate surface area is 109 Å². The predicted molar refractivity (Wildman–Crippen MR) is 75.8 cm³/mol. The topological polar surface area (TPSA) is 53.1 Å². The van der Waals surface area contributed by atoms with Crippen LogP contribution in [0.4, 0.5) is 0 Å². The van der Waals surface area contributed by atoms with Crippen molar-refractivity contribution in [3.8, 4) is 0 Å². The number of amidine groups is 1. The Hall–Kier alpha value is -1.35. The van der Waals surface area contributed by atoms with Gasteiger partial charge >= 0.3 is 0 Å². The molecule has 1 aromatic rings. The summed E-state index contributed by atoms with van der Waals surface area (Å²) < 4.78 is 0. The first-order chi connectivity index (χ1) is 8.60. The lowest BCUT2D eigenvalue weighted by Crippen LogP contribution is -2.31. The molecule has 0 unspecified atom stereocenters. The van der Waals surface area contributed by atoms with Crippen molar-refractivity contribution in [1.29, 1.82) is 5.41 Å². The lowest BCUT2D eigenvalue weighted by atomic mass is 10.0. The highest BCUT2D eigenvalue weighted by Gasteiger charge is 2.43. The molecule has 0 atom stereocenters. The van der Waals surface area contributed by atoms with Gasteiger partial charge in [0.1, 0.15) is 0 Å². The minimum Gasteiger partial charge on any atom is -0.388 e. The van der Waals surface area contributed by atoms with Crippen molar-refractivity contribution in [2.45, 2.75) is 25.7 Å². The summed E-state index contributed by atoms with van der Waals surface area (Å²) in [7, 11) is 2.17. The average Bonchev–Trinajstić information content (AvgIpc) is 3.06. The minimum atomic E-state index is 0.317. The number of hydrogen-bond acceptors (Lipinski definition) is 2. The maximum absolute atomic E-state index is 7.43. The van der Waals surface area contributed by atoms with Crippen LogP contribution in [-0.2, 0) is 6.42 Å². The van der Waals surface area contributed by atoms with Crippen LogP contribution in [0.1, 0.15) is 24.8 Å². The molecule has 1 aliphatic carbocycles. The molecule has 0 heterocycles. The number of nitrogens with two attached hydrogens (primary N) is 1. The molecule has 0 spiro atoms. The van der Waals surface area contributed by atoms with E-state index in [0.717, 1.165) is 25.9 Å². The highest BCUT2D eigenvalue weighted by molar-refractivity contribution is 5.78. The fraction of sp³-hybridized carbons (Fsp3) is 0.533. The van der Waals surface area contributed by atoms with E-state index in [-0.39, 0.29) is 0 Å². The van der Waals surface area contributed by atoms with Gasteiger partial charge in [0.05, 0.1) is 5.84 Å². The van der Waals surface area contributed by atoms with Crippen molar-refractivity contribution in [1.82, 2.24) is 4.90 Å². The van der Waals surface area contributed by atoms with Crippen molar-refractivity contribution in [3.63, 3.8) is 0 Å². The molecule has 0 aliphatic heterocycles. The summed E-state index contributed by atoms with van der Waals surface area (Å²) in [5.41, 5.74) is 7.23. The Bertz CT molecular complexity index is 395. The molecule has 3 N–H and O–H groups in total. The van der Waals surface area contributed by atoms with Crippen LogP contribution in [-0.4, -0.2) is 30.9 Å². The van der Waals surface area contributed by atoms with E-state index >= 15 is 0 Å². The number of nitrogens with zero attached hydrogens (tertiary/aromatic N) is 1. The summed E-state index contributed by atoms with van der Waals surface area (Å²) >= 11 is 0. The summed E-state index contributed by atoms with van der Waals surface area (Å²) in [6.07, 6.45) is 4.31. The van der Waals surface area contributed by atoms with Crippen molar-refractivity contribution in [3.05, 3.63) is 35.9 Å². The number of hydrogen-bond donors (Lipinski definition) is 2. The second-order valence-electron chi connectivity index (χ2n) is 5.68. The van der Waals surface area contributed by atoms with Gasteiger partial charge in [0.25, 0.3) is 0 Å². The first-order valence-corrected chi connectivity index (χ1v) is 6.65. The fourth-order valence-electron chi connectivity index (χ4n) is 2.59. The largest absolute Gasteiger partial charge is 0.388 e. The molecule has 2 rings (SSSR count). The lowest BCUT2D eigenvalue weighted by Gasteiger charge is -2.23. The van der Waals surface area contributed by atoms with E-state index in [1.807, 2.05) is 0 Å². The third-order valence-electron chi connectivity index (χ3n) is 3.75. The molecule has 0 bridgehead atoms. The van der Waals surface area contributed by atoms with Crippen LogP contribution in [0.25, 0.3) is 0 Å². The summed E-state index contributed by atoms with van der Waals surface area (Å²) in [4.78, 5) is 2.38. The minimum absolute atomic E-state index is 0.317. The summed E-state index contributed by atoms with van der Waals surface area (Å²) in [5, 5.41) is 7.43. The Morgan fingerprint density at radius 3 is 2.56 bits per heavy atom. The van der Waals surface area contributed by atoms with Crippen LogP contribution in [0.5, 0.6) is 0 Å². The molecule has 1 saturated carbocycles. The zero-order valence-corrected chi connectivity index (χ0v) is 11.2.